The fourth-order valence-electron chi connectivity index (χ4n) is 1.70. The third kappa shape index (κ3) is 154. The first-order valence-corrected chi connectivity index (χ1v) is 21.3. The number of rotatable bonds is 12. The number of likely N-dealkylation sites (tertiary alicyclic amines) is 1. The van der Waals surface area contributed by atoms with E-state index in [2.05, 4.69) is 203 Å². The van der Waals surface area contributed by atoms with Gasteiger partial charge >= 0.3 is 6.09 Å². The maximum atomic E-state index is 10.7. The second-order valence-electron chi connectivity index (χ2n) is 11.3. The highest BCUT2D eigenvalue weighted by Crippen LogP contribution is 2.19. The van der Waals surface area contributed by atoms with E-state index in [0.717, 1.165) is 19.3 Å². The molecular formula is C48H105NO3. The number of carbonyl (C=O) groups is 1. The van der Waals surface area contributed by atoms with Crippen molar-refractivity contribution in [2.75, 3.05) is 13.2 Å². The molecule has 0 aromatic carbocycles. The lowest BCUT2D eigenvalue weighted by Gasteiger charge is -2.33. The highest BCUT2D eigenvalue weighted by molar-refractivity contribution is 5.65. The van der Waals surface area contributed by atoms with Gasteiger partial charge in [-0.05, 0) is 89.9 Å². The lowest BCUT2D eigenvalue weighted by atomic mass is 10.0. The smallest absolute Gasteiger partial charge is 0.407 e. The molecule has 4 heteroatoms. The maximum Gasteiger partial charge on any atom is 0.407 e. The first-order valence-electron chi connectivity index (χ1n) is 21.3. The van der Waals surface area contributed by atoms with Crippen molar-refractivity contribution in [1.82, 2.24) is 4.90 Å². The number of aliphatic hydroxyl groups is 1. The van der Waals surface area contributed by atoms with Crippen LogP contribution >= 0.6 is 0 Å². The van der Waals surface area contributed by atoms with Crippen LogP contribution in [-0.2, 0) is 0 Å². The first kappa shape index (κ1) is 76.0. The third-order valence-electron chi connectivity index (χ3n) is 6.42. The number of aliphatic hydroxyl groups excluding tert-OH is 1. The summed E-state index contributed by atoms with van der Waals surface area (Å²) in [4.78, 5) is 12.1. The van der Waals surface area contributed by atoms with Crippen LogP contribution in [0.3, 0.4) is 0 Å². The maximum absolute atomic E-state index is 10.7. The van der Waals surface area contributed by atoms with E-state index in [1.807, 2.05) is 0 Å². The van der Waals surface area contributed by atoms with Gasteiger partial charge in [0.15, 0.2) is 0 Å². The van der Waals surface area contributed by atoms with Crippen LogP contribution in [-0.4, -0.2) is 40.4 Å². The van der Waals surface area contributed by atoms with E-state index in [9.17, 15) is 4.79 Å². The predicted octanol–water partition coefficient (Wildman–Crippen LogP) is 17.1. The Morgan fingerprint density at radius 3 is 0.788 bits per heavy atom. The van der Waals surface area contributed by atoms with Crippen molar-refractivity contribution in [2.24, 2.45) is 0 Å². The third-order valence-corrected chi connectivity index (χ3v) is 6.42. The number of unbranched alkanes of at least 4 members (excludes halogenated alkanes) is 10. The SMILES string of the molecule is C[CH]CC.C[CH]CC.C[CH]CC.C[CH]CC.C[CH]CC.C[CH]CC.C[CH]CC.C[CH]CC.C[CH]CC.C[CH]CC.O=C(O)N1CCCCC1CCO. The summed E-state index contributed by atoms with van der Waals surface area (Å²) < 4.78 is 0. The van der Waals surface area contributed by atoms with Gasteiger partial charge in [-0.1, -0.05) is 203 Å². The van der Waals surface area contributed by atoms with Gasteiger partial charge in [0.1, 0.15) is 0 Å². The lowest BCUT2D eigenvalue weighted by Crippen LogP contribution is -2.43. The second kappa shape index (κ2) is 104. The molecule has 1 unspecified atom stereocenters. The molecule has 2 N–H and O–H groups in total. The zero-order valence-electron chi connectivity index (χ0n) is 39.9. The monoisotopic (exact) mass is 744 g/mol. The van der Waals surface area contributed by atoms with Crippen LogP contribution in [0.2, 0.25) is 0 Å². The molecule has 0 aromatic heterocycles. The van der Waals surface area contributed by atoms with Gasteiger partial charge in [0, 0.05) is 19.2 Å². The summed E-state index contributed by atoms with van der Waals surface area (Å²) >= 11 is 0. The predicted molar refractivity (Wildman–Crippen MR) is 247 cm³/mol. The van der Waals surface area contributed by atoms with E-state index in [1.54, 1.807) is 0 Å². The molecule has 1 amide bonds. The summed E-state index contributed by atoms with van der Waals surface area (Å²) in [5.41, 5.74) is 0. The van der Waals surface area contributed by atoms with Crippen LogP contribution < -0.4 is 0 Å². The molecule has 320 valence electrons. The molecule has 1 aliphatic rings. The van der Waals surface area contributed by atoms with E-state index < -0.39 is 6.09 Å². The highest BCUT2D eigenvalue weighted by Gasteiger charge is 2.25. The van der Waals surface area contributed by atoms with Crippen molar-refractivity contribution in [2.45, 2.75) is 234 Å². The molecule has 0 saturated carbocycles. The molecule has 0 spiro atoms. The van der Waals surface area contributed by atoms with Crippen LogP contribution in [0.1, 0.15) is 228 Å². The summed E-state index contributed by atoms with van der Waals surface area (Å²) in [6.07, 6.45) is 35.8. The van der Waals surface area contributed by atoms with Gasteiger partial charge < -0.3 is 15.1 Å². The summed E-state index contributed by atoms with van der Waals surface area (Å²) in [6, 6.07) is 0.0428. The van der Waals surface area contributed by atoms with E-state index in [0.29, 0.717) is 13.0 Å². The van der Waals surface area contributed by atoms with E-state index in [1.165, 1.54) is 69.1 Å². The van der Waals surface area contributed by atoms with Crippen molar-refractivity contribution in [1.29, 1.82) is 0 Å². The molecule has 1 fully saturated rings. The van der Waals surface area contributed by atoms with Crippen LogP contribution in [0.15, 0.2) is 0 Å². The summed E-state index contributed by atoms with van der Waals surface area (Å²) in [5, 5.41) is 17.5. The Kier molecular flexibility index (Phi) is 152. The van der Waals surface area contributed by atoms with Gasteiger partial charge in [0.2, 0.25) is 0 Å². The molecule has 0 aliphatic carbocycles. The Balaban J connectivity index is -0.0000000486. The second-order valence-corrected chi connectivity index (χ2v) is 11.3. The van der Waals surface area contributed by atoms with E-state index in [4.69, 9.17) is 10.2 Å². The Labute approximate surface area is 336 Å². The summed E-state index contributed by atoms with van der Waals surface area (Å²) in [5.74, 6) is 0. The van der Waals surface area contributed by atoms with Crippen LogP contribution in [0.4, 0.5) is 4.79 Å². The molecule has 1 heterocycles. The molecule has 4 nitrogen and oxygen atoms in total. The van der Waals surface area contributed by atoms with Crippen LogP contribution in [0.25, 0.3) is 0 Å². The molecule has 1 aliphatic heterocycles. The average molecular weight is 744 g/mol. The zero-order valence-corrected chi connectivity index (χ0v) is 39.9. The normalized spacial score (nSPS) is 11.3. The van der Waals surface area contributed by atoms with Crippen molar-refractivity contribution >= 4 is 6.09 Å². The lowest BCUT2D eigenvalue weighted by molar-refractivity contribution is 0.0949. The van der Waals surface area contributed by atoms with Crippen molar-refractivity contribution in [3.05, 3.63) is 64.2 Å². The first-order chi connectivity index (χ1) is 24.9. The van der Waals surface area contributed by atoms with Gasteiger partial charge in [0.25, 0.3) is 0 Å². The fraction of sp³-hybridized carbons (Fsp3) is 0.771. The molecule has 1 saturated heterocycles. The van der Waals surface area contributed by atoms with Crippen molar-refractivity contribution in [3.63, 3.8) is 0 Å². The topological polar surface area (TPSA) is 60.8 Å². The Morgan fingerprint density at radius 1 is 0.462 bits per heavy atom. The average Bonchev–Trinajstić information content (AvgIpc) is 3.21. The Bertz CT molecular complexity index is 330. The fourth-order valence-corrected chi connectivity index (χ4v) is 1.70. The van der Waals surface area contributed by atoms with Crippen molar-refractivity contribution < 1.29 is 15.0 Å². The minimum Gasteiger partial charge on any atom is -0.465 e. The van der Waals surface area contributed by atoms with E-state index >= 15 is 0 Å². The van der Waals surface area contributed by atoms with Gasteiger partial charge in [0.05, 0.1) is 0 Å². The highest BCUT2D eigenvalue weighted by atomic mass is 16.4. The van der Waals surface area contributed by atoms with E-state index in [-0.39, 0.29) is 12.6 Å². The number of piperidine rings is 1. The van der Waals surface area contributed by atoms with Crippen LogP contribution in [0.5, 0.6) is 0 Å². The number of hydrogen-bond donors (Lipinski definition) is 2. The molecule has 52 heavy (non-hydrogen) atoms. The molecule has 1 rings (SSSR count). The zero-order chi connectivity index (χ0) is 43.1. The largest absolute Gasteiger partial charge is 0.465 e. The van der Waals surface area contributed by atoms with Gasteiger partial charge in [-0.25, -0.2) is 4.79 Å². The summed E-state index contributed by atoms with van der Waals surface area (Å²) in [7, 11) is 0. The Hall–Kier alpha value is -0.770. The quantitative estimate of drug-likeness (QED) is 0.209. The minimum absolute atomic E-state index is 0.0428. The molecule has 1 atom stereocenters. The molecule has 0 aromatic rings. The minimum atomic E-state index is -0.854. The number of hydrogen-bond acceptors (Lipinski definition) is 2. The molecule has 10 radical (unpaired) electrons. The standard InChI is InChI=1S/C8H15NO3.10C4H9/c10-6-4-7-3-1-2-5-9(7)8(11)12;10*1-3-4-2/h7,10H,1-6H2,(H,11,12);10*3H,4H2,1-2H3. The van der Waals surface area contributed by atoms with Gasteiger partial charge in [-0.3, -0.25) is 0 Å². The van der Waals surface area contributed by atoms with Crippen LogP contribution in [0, 0.1) is 64.2 Å². The van der Waals surface area contributed by atoms with Crippen molar-refractivity contribution in [3.8, 4) is 0 Å². The number of carboxylic acid groups (broad SMARTS) is 1. The number of amides is 1. The van der Waals surface area contributed by atoms with Gasteiger partial charge in [-0.15, -0.1) is 0 Å². The molecular weight excluding hydrogens is 639 g/mol. The molecule has 0 bridgehead atoms. The Morgan fingerprint density at radius 2 is 0.654 bits per heavy atom. The summed E-state index contributed by atoms with van der Waals surface area (Å²) in [6.45, 7) is 42.5. The van der Waals surface area contributed by atoms with Gasteiger partial charge in [-0.2, -0.15) is 0 Å². The number of nitrogens with zero attached hydrogens (tertiary/aromatic N) is 1.